The van der Waals surface area contributed by atoms with E-state index >= 15 is 0 Å². The summed E-state index contributed by atoms with van der Waals surface area (Å²) in [6.07, 6.45) is 3.35. The molecule has 2 aliphatic rings. The third kappa shape index (κ3) is 3.04. The second kappa shape index (κ2) is 5.59. The quantitative estimate of drug-likeness (QED) is 0.179. The van der Waals surface area contributed by atoms with Crippen molar-refractivity contribution in [3.8, 4) is 0 Å². The molecule has 96 valence electrons. The average Bonchev–Trinajstić information content (AvgIpc) is 2.84. The zero-order chi connectivity index (χ0) is 12.3. The molecule has 3 amide bonds. The van der Waals surface area contributed by atoms with Gasteiger partial charge in [0.25, 0.3) is 0 Å². The van der Waals surface area contributed by atoms with Crippen LogP contribution in [-0.2, 0) is 4.79 Å². The van der Waals surface area contributed by atoms with Crippen LogP contribution in [0, 0.1) is 0 Å². The minimum absolute atomic E-state index is 0.0483. The molecule has 0 aromatic carbocycles. The summed E-state index contributed by atoms with van der Waals surface area (Å²) in [5.41, 5.74) is 2.13. The zero-order valence-corrected chi connectivity index (χ0v) is 10.4. The van der Waals surface area contributed by atoms with Crippen LogP contribution in [0.3, 0.4) is 0 Å². The molecule has 0 aliphatic carbocycles. The Morgan fingerprint density at radius 1 is 1.47 bits per heavy atom. The molecule has 2 fully saturated rings. The maximum Gasteiger partial charge on any atom is 0.315 e. The van der Waals surface area contributed by atoms with Crippen LogP contribution >= 0.6 is 11.8 Å². The van der Waals surface area contributed by atoms with Crippen molar-refractivity contribution in [3.05, 3.63) is 0 Å². The monoisotopic (exact) mass is 258 g/mol. The standard InChI is InChI=1S/C10H18N4O2S/c11-14-8(15)4-2-1-3-7-9-6(5-17-7)12-10(16)13-9/h6-7,9H,1-5,11H2,(H,14,15)(H2,12,13,16)/t6-,7+,9-/m1/s1. The molecule has 6 nitrogen and oxygen atoms in total. The average molecular weight is 258 g/mol. The molecule has 3 atom stereocenters. The van der Waals surface area contributed by atoms with E-state index in [0.29, 0.717) is 11.7 Å². The summed E-state index contributed by atoms with van der Waals surface area (Å²) in [6, 6.07) is 0.494. The topological polar surface area (TPSA) is 96.2 Å². The van der Waals surface area contributed by atoms with Crippen LogP contribution in [0.5, 0.6) is 0 Å². The minimum Gasteiger partial charge on any atom is -0.332 e. The Kier molecular flexibility index (Phi) is 4.11. The van der Waals surface area contributed by atoms with Crippen LogP contribution in [0.4, 0.5) is 4.79 Å². The summed E-state index contributed by atoms with van der Waals surface area (Å²) in [5, 5.41) is 6.34. The van der Waals surface area contributed by atoms with Gasteiger partial charge in [-0.1, -0.05) is 6.42 Å². The Labute approximate surface area is 104 Å². The highest BCUT2D eigenvalue weighted by Crippen LogP contribution is 2.33. The number of hydrazine groups is 1. The van der Waals surface area contributed by atoms with Gasteiger partial charge in [-0.15, -0.1) is 0 Å². The van der Waals surface area contributed by atoms with Gasteiger partial charge in [-0.25, -0.2) is 10.6 Å². The van der Waals surface area contributed by atoms with E-state index in [1.165, 1.54) is 0 Å². The van der Waals surface area contributed by atoms with Crippen LogP contribution < -0.4 is 21.9 Å². The Bertz CT molecular complexity index is 313. The van der Waals surface area contributed by atoms with Gasteiger partial charge < -0.3 is 10.6 Å². The van der Waals surface area contributed by atoms with Crippen molar-refractivity contribution in [1.82, 2.24) is 16.1 Å². The number of thioether (sulfide) groups is 1. The lowest BCUT2D eigenvalue weighted by Gasteiger charge is -2.16. The van der Waals surface area contributed by atoms with E-state index in [-0.39, 0.29) is 24.0 Å². The summed E-state index contributed by atoms with van der Waals surface area (Å²) in [6.45, 7) is 0. The van der Waals surface area contributed by atoms with E-state index in [4.69, 9.17) is 5.84 Å². The maximum atomic E-state index is 11.2. The molecule has 5 N–H and O–H groups in total. The van der Waals surface area contributed by atoms with Crippen LogP contribution in [0.2, 0.25) is 0 Å². The van der Waals surface area contributed by atoms with Crippen LogP contribution in [0.15, 0.2) is 0 Å². The van der Waals surface area contributed by atoms with Crippen LogP contribution in [0.1, 0.15) is 25.7 Å². The van der Waals surface area contributed by atoms with Crippen molar-refractivity contribution in [2.24, 2.45) is 5.84 Å². The highest BCUT2D eigenvalue weighted by molar-refractivity contribution is 8.00. The van der Waals surface area contributed by atoms with Gasteiger partial charge in [0, 0.05) is 17.4 Å². The molecule has 0 unspecified atom stereocenters. The van der Waals surface area contributed by atoms with E-state index in [1.807, 2.05) is 11.8 Å². The number of nitrogens with one attached hydrogen (secondary N) is 3. The summed E-state index contributed by atoms with van der Waals surface area (Å²) in [7, 11) is 0. The van der Waals surface area contributed by atoms with Gasteiger partial charge in [-0.3, -0.25) is 10.2 Å². The lowest BCUT2D eigenvalue weighted by Crippen LogP contribution is -2.36. The van der Waals surface area contributed by atoms with Gasteiger partial charge in [0.1, 0.15) is 0 Å². The number of fused-ring (bicyclic) bond motifs is 1. The second-order valence-corrected chi connectivity index (χ2v) is 5.71. The number of carbonyl (C=O) groups excluding carboxylic acids is 2. The van der Waals surface area contributed by atoms with Gasteiger partial charge >= 0.3 is 6.03 Å². The third-order valence-corrected chi connectivity index (χ3v) is 4.75. The molecule has 2 aliphatic heterocycles. The molecule has 17 heavy (non-hydrogen) atoms. The number of urea groups is 1. The molecule has 7 heteroatoms. The number of amides is 3. The fourth-order valence-corrected chi connectivity index (χ4v) is 3.89. The largest absolute Gasteiger partial charge is 0.332 e. The first kappa shape index (κ1) is 12.5. The molecule has 0 aromatic rings. The molecule has 0 spiro atoms. The summed E-state index contributed by atoms with van der Waals surface area (Å²) >= 11 is 1.90. The third-order valence-electron chi connectivity index (χ3n) is 3.24. The molecular formula is C10H18N4O2S. The molecule has 2 rings (SSSR count). The number of nitrogens with two attached hydrogens (primary N) is 1. The highest BCUT2D eigenvalue weighted by atomic mass is 32.2. The summed E-state index contributed by atoms with van der Waals surface area (Å²) in [4.78, 5) is 22.1. The van der Waals surface area contributed by atoms with Gasteiger partial charge in [0.2, 0.25) is 5.91 Å². The lowest BCUT2D eigenvalue weighted by atomic mass is 10.0. The number of carbonyl (C=O) groups is 2. The highest BCUT2D eigenvalue weighted by Gasteiger charge is 2.42. The predicted octanol–water partition coefficient (Wildman–Crippen LogP) is -0.298. The first-order chi connectivity index (χ1) is 8.20. The molecule has 0 radical (unpaired) electrons. The van der Waals surface area contributed by atoms with Gasteiger partial charge in [-0.05, 0) is 12.8 Å². The minimum atomic E-state index is -0.113. The molecular weight excluding hydrogens is 240 g/mol. The molecule has 0 aromatic heterocycles. The van der Waals surface area contributed by atoms with Gasteiger partial charge in [-0.2, -0.15) is 11.8 Å². The summed E-state index contributed by atoms with van der Waals surface area (Å²) in [5.74, 6) is 5.87. The Morgan fingerprint density at radius 3 is 3.06 bits per heavy atom. The molecule has 2 heterocycles. The van der Waals surface area contributed by atoms with E-state index < -0.39 is 0 Å². The Hall–Kier alpha value is -0.950. The number of rotatable bonds is 5. The molecule has 0 bridgehead atoms. The molecule has 0 saturated carbocycles. The van der Waals surface area contributed by atoms with Gasteiger partial charge in [0.05, 0.1) is 12.1 Å². The fraction of sp³-hybridized carbons (Fsp3) is 0.800. The normalized spacial score (nSPS) is 30.6. The SMILES string of the molecule is NNC(=O)CCCC[C@@H]1SC[C@H]2NC(=O)N[C@@H]12. The first-order valence-electron chi connectivity index (χ1n) is 5.89. The number of hydrogen-bond acceptors (Lipinski definition) is 4. The Balaban J connectivity index is 1.66. The zero-order valence-electron chi connectivity index (χ0n) is 9.57. The van der Waals surface area contributed by atoms with Crippen molar-refractivity contribution in [2.75, 3.05) is 5.75 Å². The van der Waals surface area contributed by atoms with Crippen molar-refractivity contribution in [3.63, 3.8) is 0 Å². The van der Waals surface area contributed by atoms with Crippen molar-refractivity contribution >= 4 is 23.7 Å². The first-order valence-corrected chi connectivity index (χ1v) is 6.93. The summed E-state index contributed by atoms with van der Waals surface area (Å²) < 4.78 is 0. The Morgan fingerprint density at radius 2 is 2.29 bits per heavy atom. The lowest BCUT2D eigenvalue weighted by molar-refractivity contribution is -0.121. The van der Waals surface area contributed by atoms with Crippen LogP contribution in [0.25, 0.3) is 0 Å². The smallest absolute Gasteiger partial charge is 0.315 e. The van der Waals surface area contributed by atoms with E-state index in [1.54, 1.807) is 0 Å². The van der Waals surface area contributed by atoms with Crippen molar-refractivity contribution in [1.29, 1.82) is 0 Å². The van der Waals surface area contributed by atoms with Crippen molar-refractivity contribution in [2.45, 2.75) is 43.0 Å². The van der Waals surface area contributed by atoms with Crippen molar-refractivity contribution < 1.29 is 9.59 Å². The van der Waals surface area contributed by atoms with E-state index in [2.05, 4.69) is 16.1 Å². The maximum absolute atomic E-state index is 11.2. The predicted molar refractivity (Wildman–Crippen MR) is 66.3 cm³/mol. The number of unbranched alkanes of at least 4 members (excludes halogenated alkanes) is 1. The van der Waals surface area contributed by atoms with Gasteiger partial charge in [0.15, 0.2) is 0 Å². The van der Waals surface area contributed by atoms with E-state index in [9.17, 15) is 9.59 Å². The number of hydrogen-bond donors (Lipinski definition) is 4. The second-order valence-electron chi connectivity index (χ2n) is 4.44. The molecule has 2 saturated heterocycles. The van der Waals surface area contributed by atoms with Crippen LogP contribution in [-0.4, -0.2) is 35.0 Å². The fourth-order valence-electron chi connectivity index (χ4n) is 2.35. The van der Waals surface area contributed by atoms with E-state index in [0.717, 1.165) is 25.0 Å².